The molecule has 1 saturated heterocycles. The first-order valence-electron chi connectivity index (χ1n) is 11.3. The second-order valence-electron chi connectivity index (χ2n) is 8.66. The fraction of sp³-hybridized carbons (Fsp3) is 0.696. The molecule has 2 aliphatic rings. The van der Waals surface area contributed by atoms with Crippen molar-refractivity contribution in [2.45, 2.75) is 45.4 Å². The molecule has 8 heteroatoms. The van der Waals surface area contributed by atoms with Crippen molar-refractivity contribution in [2.24, 2.45) is 16.3 Å². The molecule has 1 aromatic carbocycles. The molecule has 5 nitrogen and oxygen atoms in total. The fourth-order valence-electron chi connectivity index (χ4n) is 4.72. The van der Waals surface area contributed by atoms with E-state index in [1.54, 1.807) is 13.1 Å². The predicted molar refractivity (Wildman–Crippen MR) is 133 cm³/mol. The number of rotatable bonds is 9. The van der Waals surface area contributed by atoms with Crippen molar-refractivity contribution in [3.05, 3.63) is 29.8 Å². The number of guanidine groups is 1. The number of ether oxygens (including phenoxy) is 1. The van der Waals surface area contributed by atoms with E-state index in [1.807, 2.05) is 6.92 Å². The van der Waals surface area contributed by atoms with E-state index in [9.17, 15) is 8.78 Å². The van der Waals surface area contributed by atoms with Crippen LogP contribution < -0.4 is 15.5 Å². The normalized spacial score (nSPS) is 20.6. The SMILES string of the molecule is CCOCCC1(CNC(=NC)NCC2CCN(c3ccc(F)c(F)c3)C2)CCCC1.I. The van der Waals surface area contributed by atoms with Crippen LogP contribution in [-0.2, 0) is 4.74 Å². The van der Waals surface area contributed by atoms with Gasteiger partial charge >= 0.3 is 0 Å². The molecule has 31 heavy (non-hydrogen) atoms. The van der Waals surface area contributed by atoms with Gasteiger partial charge in [-0.25, -0.2) is 8.78 Å². The topological polar surface area (TPSA) is 48.9 Å². The zero-order valence-electron chi connectivity index (χ0n) is 18.8. The van der Waals surface area contributed by atoms with Gasteiger partial charge in [0.15, 0.2) is 17.6 Å². The van der Waals surface area contributed by atoms with Gasteiger partial charge in [-0.2, -0.15) is 0 Å². The van der Waals surface area contributed by atoms with E-state index in [4.69, 9.17) is 4.74 Å². The number of halogens is 3. The Bertz CT molecular complexity index is 713. The van der Waals surface area contributed by atoms with Gasteiger partial charge < -0.3 is 20.3 Å². The zero-order chi connectivity index (χ0) is 21.4. The summed E-state index contributed by atoms with van der Waals surface area (Å²) in [7, 11) is 1.80. The quantitative estimate of drug-likeness (QED) is 0.205. The van der Waals surface area contributed by atoms with Crippen LogP contribution in [0.3, 0.4) is 0 Å². The minimum atomic E-state index is -0.799. The van der Waals surface area contributed by atoms with Crippen molar-refractivity contribution in [2.75, 3.05) is 51.3 Å². The van der Waals surface area contributed by atoms with Gasteiger partial charge in [-0.05, 0) is 56.1 Å². The van der Waals surface area contributed by atoms with Crippen molar-refractivity contribution in [1.29, 1.82) is 0 Å². The maximum atomic E-state index is 13.5. The molecule has 0 bridgehead atoms. The van der Waals surface area contributed by atoms with E-state index in [0.29, 0.717) is 11.3 Å². The summed E-state index contributed by atoms with van der Waals surface area (Å²) in [5, 5.41) is 7.00. The molecule has 0 aromatic heterocycles. The molecule has 1 aromatic rings. The molecule has 1 saturated carbocycles. The van der Waals surface area contributed by atoms with Crippen LogP contribution in [0.5, 0.6) is 0 Å². The van der Waals surface area contributed by atoms with Crippen molar-refractivity contribution in [1.82, 2.24) is 10.6 Å². The number of hydrogen-bond acceptors (Lipinski definition) is 3. The first-order chi connectivity index (χ1) is 14.5. The summed E-state index contributed by atoms with van der Waals surface area (Å²) in [6.07, 6.45) is 7.19. The first-order valence-corrected chi connectivity index (χ1v) is 11.3. The number of benzene rings is 1. The van der Waals surface area contributed by atoms with Crippen LogP contribution in [0.4, 0.5) is 14.5 Å². The van der Waals surface area contributed by atoms with Gasteiger partial charge in [0.2, 0.25) is 0 Å². The molecule has 2 N–H and O–H groups in total. The number of nitrogens with one attached hydrogen (secondary N) is 2. The smallest absolute Gasteiger partial charge is 0.191 e. The Morgan fingerprint density at radius 2 is 2.00 bits per heavy atom. The Kier molecular flexibility index (Phi) is 10.7. The van der Waals surface area contributed by atoms with Gasteiger partial charge in [-0.1, -0.05) is 12.8 Å². The van der Waals surface area contributed by atoms with E-state index < -0.39 is 11.6 Å². The lowest BCUT2D eigenvalue weighted by molar-refractivity contribution is 0.105. The minimum absolute atomic E-state index is 0. The Morgan fingerprint density at radius 1 is 1.23 bits per heavy atom. The number of nitrogens with zero attached hydrogens (tertiary/aromatic N) is 2. The van der Waals surface area contributed by atoms with E-state index in [-0.39, 0.29) is 24.0 Å². The van der Waals surface area contributed by atoms with E-state index in [0.717, 1.165) is 63.9 Å². The molecule has 1 heterocycles. The van der Waals surface area contributed by atoms with Gasteiger partial charge in [0, 0.05) is 58.2 Å². The summed E-state index contributed by atoms with van der Waals surface area (Å²) < 4.78 is 32.3. The van der Waals surface area contributed by atoms with Crippen molar-refractivity contribution in [3.63, 3.8) is 0 Å². The Balaban J connectivity index is 0.00000341. The van der Waals surface area contributed by atoms with E-state index in [2.05, 4.69) is 20.5 Å². The van der Waals surface area contributed by atoms with E-state index >= 15 is 0 Å². The van der Waals surface area contributed by atoms with Crippen molar-refractivity contribution >= 4 is 35.6 Å². The molecule has 0 spiro atoms. The van der Waals surface area contributed by atoms with Crippen LogP contribution in [0.25, 0.3) is 0 Å². The van der Waals surface area contributed by atoms with Crippen LogP contribution in [0, 0.1) is 23.0 Å². The van der Waals surface area contributed by atoms with Gasteiger partial charge in [0.05, 0.1) is 0 Å². The molecule has 1 aliphatic carbocycles. The highest BCUT2D eigenvalue weighted by Crippen LogP contribution is 2.40. The molecular formula is C23H37F2IN4O. The Labute approximate surface area is 202 Å². The minimum Gasteiger partial charge on any atom is -0.382 e. The standard InChI is InChI=1S/C23H36F2N4O.HI/c1-3-30-13-11-23(9-4-5-10-23)17-28-22(26-2)27-15-18-8-12-29(16-18)19-6-7-20(24)21(25)14-19;/h6-7,14,18H,3-5,8-13,15-17H2,1-2H3,(H2,26,27,28);1H. The molecule has 0 amide bonds. The third-order valence-electron chi connectivity index (χ3n) is 6.61. The third kappa shape index (κ3) is 7.44. The third-order valence-corrected chi connectivity index (χ3v) is 6.61. The summed E-state index contributed by atoms with van der Waals surface area (Å²) >= 11 is 0. The monoisotopic (exact) mass is 550 g/mol. The second-order valence-corrected chi connectivity index (χ2v) is 8.66. The highest BCUT2D eigenvalue weighted by atomic mass is 127. The van der Waals surface area contributed by atoms with E-state index in [1.165, 1.54) is 37.8 Å². The molecule has 3 rings (SSSR count). The van der Waals surface area contributed by atoms with Crippen LogP contribution in [0.15, 0.2) is 23.2 Å². The highest BCUT2D eigenvalue weighted by Gasteiger charge is 2.33. The summed E-state index contributed by atoms with van der Waals surface area (Å²) in [5.41, 5.74) is 1.06. The van der Waals surface area contributed by atoms with Crippen LogP contribution in [0.2, 0.25) is 0 Å². The Hall–Kier alpha value is -1.16. The number of aliphatic imine (C=N–C) groups is 1. The van der Waals surface area contributed by atoms with Gasteiger partial charge in [0.25, 0.3) is 0 Å². The summed E-state index contributed by atoms with van der Waals surface area (Å²) in [6.45, 7) is 7.05. The molecule has 1 unspecified atom stereocenters. The molecule has 2 fully saturated rings. The maximum absolute atomic E-state index is 13.5. The van der Waals surface area contributed by atoms with Crippen LogP contribution in [0.1, 0.15) is 45.4 Å². The predicted octanol–water partition coefficient (Wildman–Crippen LogP) is 4.56. The second kappa shape index (κ2) is 12.8. The summed E-state index contributed by atoms with van der Waals surface area (Å²) in [6, 6.07) is 4.14. The Morgan fingerprint density at radius 3 is 2.68 bits per heavy atom. The molecule has 1 atom stereocenters. The first kappa shape index (κ1) is 26.1. The molecular weight excluding hydrogens is 513 g/mol. The average Bonchev–Trinajstić information content (AvgIpc) is 3.41. The molecule has 0 radical (unpaired) electrons. The summed E-state index contributed by atoms with van der Waals surface area (Å²) in [5.74, 6) is -0.310. The van der Waals surface area contributed by atoms with Gasteiger partial charge in [0.1, 0.15) is 0 Å². The lowest BCUT2D eigenvalue weighted by Gasteiger charge is -2.30. The average molecular weight is 550 g/mol. The molecule has 176 valence electrons. The summed E-state index contributed by atoms with van der Waals surface area (Å²) in [4.78, 5) is 6.51. The number of anilines is 1. The lowest BCUT2D eigenvalue weighted by Crippen LogP contribution is -2.45. The number of hydrogen-bond donors (Lipinski definition) is 2. The fourth-order valence-corrected chi connectivity index (χ4v) is 4.72. The lowest BCUT2D eigenvalue weighted by atomic mass is 9.83. The largest absolute Gasteiger partial charge is 0.382 e. The van der Waals surface area contributed by atoms with Gasteiger partial charge in [-0.3, -0.25) is 4.99 Å². The zero-order valence-corrected chi connectivity index (χ0v) is 21.1. The molecule has 1 aliphatic heterocycles. The van der Waals surface area contributed by atoms with Crippen molar-refractivity contribution < 1.29 is 13.5 Å². The van der Waals surface area contributed by atoms with Crippen LogP contribution >= 0.6 is 24.0 Å². The maximum Gasteiger partial charge on any atom is 0.191 e. The van der Waals surface area contributed by atoms with Gasteiger partial charge in [-0.15, -0.1) is 24.0 Å². The highest BCUT2D eigenvalue weighted by molar-refractivity contribution is 14.0. The van der Waals surface area contributed by atoms with Crippen LogP contribution in [-0.4, -0.2) is 52.4 Å². The van der Waals surface area contributed by atoms with Crippen molar-refractivity contribution in [3.8, 4) is 0 Å².